The number of nitrogens with two attached hydrogens (primary N) is 1. The van der Waals surface area contributed by atoms with Gasteiger partial charge >= 0.3 is 5.97 Å². The van der Waals surface area contributed by atoms with E-state index in [1.54, 1.807) is 12.1 Å². The Morgan fingerprint density at radius 2 is 1.03 bits per heavy atom. The molecule has 0 saturated heterocycles. The van der Waals surface area contributed by atoms with E-state index in [0.29, 0.717) is 5.69 Å². The molecule has 0 unspecified atom stereocenters. The molecule has 0 atom stereocenters. The number of nitrogens with one attached hydrogen (secondary N) is 2. The highest BCUT2D eigenvalue weighted by Gasteiger charge is 2.02. The van der Waals surface area contributed by atoms with Gasteiger partial charge < -0.3 is 20.8 Å². The highest BCUT2D eigenvalue weighted by molar-refractivity contribution is 5.87. The predicted molar refractivity (Wildman–Crippen MR) is 137 cm³/mol. The van der Waals surface area contributed by atoms with Gasteiger partial charge in [-0.05, 0) is 97.1 Å². The molecule has 5 heterocycles. The second kappa shape index (κ2) is 8.91. The number of aromatic nitrogens is 4. The van der Waals surface area contributed by atoms with Gasteiger partial charge in [0.15, 0.2) is 0 Å². The zero-order chi connectivity index (χ0) is 23.5. The minimum atomic E-state index is -0.931. The van der Waals surface area contributed by atoms with Gasteiger partial charge in [-0.3, -0.25) is 0 Å². The maximum Gasteiger partial charge on any atom is 0.335 e. The molecule has 0 aliphatic carbocycles. The minimum absolute atomic E-state index is 0.259. The number of benzene rings is 1. The van der Waals surface area contributed by atoms with Crippen molar-refractivity contribution in [3.8, 4) is 0 Å². The monoisotopic (exact) mass is 447 g/mol. The molecular formula is C27H21N5O2. The van der Waals surface area contributed by atoms with Crippen LogP contribution in [0.15, 0.2) is 72.8 Å². The fourth-order valence-corrected chi connectivity index (χ4v) is 3.57. The predicted octanol–water partition coefficient (Wildman–Crippen LogP) is 5.62. The molecule has 1 aromatic carbocycles. The average molecular weight is 447 g/mol. The normalized spacial score (nSPS) is 11.6. The standard InChI is InChI=1S/C20H14N4.C7H7NO2/c1-2-14-10-16-5-6-18(23-16)12-20-8-7-19(24-20)11-17-4-3-15(22-17)9-13(1)21-14;8-6-3-1-5(2-4-6)7(9)10/h1-12,21-22H;1-4H,8H2,(H,9,10). The van der Waals surface area contributed by atoms with Crippen molar-refractivity contribution in [2.75, 3.05) is 5.73 Å². The van der Waals surface area contributed by atoms with Gasteiger partial charge in [0.25, 0.3) is 0 Å². The third-order valence-electron chi connectivity index (χ3n) is 5.20. The second-order valence-electron chi connectivity index (χ2n) is 7.83. The summed E-state index contributed by atoms with van der Waals surface area (Å²) in [7, 11) is 0. The third-order valence-corrected chi connectivity index (χ3v) is 5.20. The third kappa shape index (κ3) is 4.94. The lowest BCUT2D eigenvalue weighted by molar-refractivity contribution is 0.0697. The number of anilines is 1. The Kier molecular flexibility index (Phi) is 5.50. The van der Waals surface area contributed by atoms with Crippen LogP contribution in [0.4, 0.5) is 5.69 Å². The lowest BCUT2D eigenvalue weighted by Crippen LogP contribution is -1.95. The lowest BCUT2D eigenvalue weighted by atomic mass is 10.2. The van der Waals surface area contributed by atoms with E-state index in [4.69, 9.17) is 10.8 Å². The van der Waals surface area contributed by atoms with Crippen LogP contribution < -0.4 is 5.73 Å². The molecule has 0 saturated carbocycles. The van der Waals surface area contributed by atoms with Crippen LogP contribution in [0.1, 0.15) is 33.1 Å². The SMILES string of the molecule is C1=Cc2cc3ccc(cc4ccc(cc5nc(cc1n2)C=C5)[nH]4)[nH]3.Nc1ccc(C(=O)O)cc1. The number of H-pyrrole nitrogens is 2. The van der Waals surface area contributed by atoms with Crippen LogP contribution in [-0.4, -0.2) is 31.0 Å². The Morgan fingerprint density at radius 3 is 1.47 bits per heavy atom. The number of nitrogens with zero attached hydrogens (tertiary/aromatic N) is 2. The molecule has 0 radical (unpaired) electrons. The molecule has 6 rings (SSSR count). The van der Waals surface area contributed by atoms with Crippen molar-refractivity contribution in [2.24, 2.45) is 0 Å². The van der Waals surface area contributed by atoms with Crippen molar-refractivity contribution in [1.29, 1.82) is 0 Å². The van der Waals surface area contributed by atoms with Crippen molar-refractivity contribution in [3.63, 3.8) is 0 Å². The minimum Gasteiger partial charge on any atom is -0.478 e. The van der Waals surface area contributed by atoms with Gasteiger partial charge in [0.1, 0.15) is 0 Å². The number of carbonyl (C=O) groups is 1. The molecule has 2 aliphatic heterocycles. The molecule has 5 N–H and O–H groups in total. The molecule has 8 bridgehead atoms. The van der Waals surface area contributed by atoms with E-state index in [1.165, 1.54) is 12.1 Å². The van der Waals surface area contributed by atoms with Crippen molar-refractivity contribution in [3.05, 3.63) is 101 Å². The molecule has 4 aromatic rings. The number of aromatic amines is 2. The summed E-state index contributed by atoms with van der Waals surface area (Å²) < 4.78 is 0. The number of fused-ring (bicyclic) bond motifs is 8. The first-order valence-electron chi connectivity index (χ1n) is 10.6. The molecule has 0 fully saturated rings. The Balaban J connectivity index is 0.000000204. The van der Waals surface area contributed by atoms with Crippen LogP contribution >= 0.6 is 0 Å². The molecule has 0 spiro atoms. The summed E-state index contributed by atoms with van der Waals surface area (Å²) in [5, 5.41) is 8.43. The van der Waals surface area contributed by atoms with Crippen LogP contribution in [0, 0.1) is 0 Å². The Bertz CT molecular complexity index is 1500. The first kappa shape index (κ1) is 21.0. The zero-order valence-corrected chi connectivity index (χ0v) is 18.1. The summed E-state index contributed by atoms with van der Waals surface area (Å²) in [6, 6.07) is 22.5. The molecule has 34 heavy (non-hydrogen) atoms. The van der Waals surface area contributed by atoms with Crippen LogP contribution in [0.5, 0.6) is 0 Å². The van der Waals surface area contributed by atoms with Gasteiger partial charge in [-0.15, -0.1) is 0 Å². The maximum absolute atomic E-state index is 10.3. The zero-order valence-electron chi connectivity index (χ0n) is 18.1. The Hall–Kier alpha value is -4.91. The lowest BCUT2D eigenvalue weighted by Gasteiger charge is -1.93. The first-order chi connectivity index (χ1) is 16.5. The molecular weight excluding hydrogens is 426 g/mol. The number of aromatic carboxylic acids is 1. The van der Waals surface area contributed by atoms with Crippen molar-refractivity contribution >= 4 is 58.0 Å². The summed E-state index contributed by atoms with van der Waals surface area (Å²) in [5.41, 5.74) is 14.0. The molecule has 2 aliphatic rings. The first-order valence-corrected chi connectivity index (χ1v) is 10.6. The van der Waals surface area contributed by atoms with Crippen LogP contribution in [-0.2, 0) is 0 Å². The average Bonchev–Trinajstić information content (AvgIpc) is 3.60. The van der Waals surface area contributed by atoms with E-state index in [1.807, 2.05) is 42.5 Å². The molecule has 7 nitrogen and oxygen atoms in total. The van der Waals surface area contributed by atoms with Gasteiger partial charge in [0.2, 0.25) is 0 Å². The van der Waals surface area contributed by atoms with Crippen molar-refractivity contribution in [1.82, 2.24) is 19.9 Å². The van der Waals surface area contributed by atoms with E-state index in [0.717, 1.165) is 44.8 Å². The van der Waals surface area contributed by atoms with Crippen LogP contribution in [0.2, 0.25) is 0 Å². The summed E-state index contributed by atoms with van der Waals surface area (Å²) in [6.45, 7) is 0. The fraction of sp³-hybridized carbons (Fsp3) is 0. The smallest absolute Gasteiger partial charge is 0.335 e. The topological polar surface area (TPSA) is 121 Å². The van der Waals surface area contributed by atoms with E-state index < -0.39 is 5.97 Å². The highest BCUT2D eigenvalue weighted by Crippen LogP contribution is 2.17. The number of carboxylic acid groups (broad SMARTS) is 1. The Morgan fingerprint density at radius 1 is 0.618 bits per heavy atom. The molecule has 3 aromatic heterocycles. The van der Waals surface area contributed by atoms with Gasteiger partial charge in [0.05, 0.1) is 28.3 Å². The van der Waals surface area contributed by atoms with Crippen molar-refractivity contribution in [2.45, 2.75) is 0 Å². The maximum atomic E-state index is 10.3. The number of nitrogen functional groups attached to an aromatic ring is 1. The quantitative estimate of drug-likeness (QED) is 0.244. The number of rotatable bonds is 1. The fourth-order valence-electron chi connectivity index (χ4n) is 3.57. The highest BCUT2D eigenvalue weighted by atomic mass is 16.4. The number of hydrogen-bond acceptors (Lipinski definition) is 4. The number of hydrogen-bond donors (Lipinski definition) is 4. The van der Waals surface area contributed by atoms with E-state index in [9.17, 15) is 4.79 Å². The summed E-state index contributed by atoms with van der Waals surface area (Å²) in [4.78, 5) is 26.3. The summed E-state index contributed by atoms with van der Waals surface area (Å²) >= 11 is 0. The Labute approximate surface area is 195 Å². The van der Waals surface area contributed by atoms with E-state index >= 15 is 0 Å². The largest absolute Gasteiger partial charge is 0.478 e. The van der Waals surface area contributed by atoms with E-state index in [-0.39, 0.29) is 5.56 Å². The summed E-state index contributed by atoms with van der Waals surface area (Å²) in [6.07, 6.45) is 8.05. The molecule has 7 heteroatoms. The number of carboxylic acids is 1. The van der Waals surface area contributed by atoms with Gasteiger partial charge in [0, 0.05) is 27.8 Å². The van der Waals surface area contributed by atoms with Gasteiger partial charge in [-0.25, -0.2) is 14.8 Å². The second-order valence-corrected chi connectivity index (χ2v) is 7.83. The van der Waals surface area contributed by atoms with E-state index in [2.05, 4.69) is 50.3 Å². The van der Waals surface area contributed by atoms with Crippen LogP contribution in [0.25, 0.3) is 46.4 Å². The van der Waals surface area contributed by atoms with Crippen LogP contribution in [0.3, 0.4) is 0 Å². The van der Waals surface area contributed by atoms with Gasteiger partial charge in [-0.2, -0.15) is 0 Å². The van der Waals surface area contributed by atoms with Crippen molar-refractivity contribution < 1.29 is 9.90 Å². The molecule has 0 amide bonds. The summed E-state index contributed by atoms with van der Waals surface area (Å²) in [5.74, 6) is -0.931. The molecule has 166 valence electrons. The van der Waals surface area contributed by atoms with Gasteiger partial charge in [-0.1, -0.05) is 0 Å².